The first-order valence-corrected chi connectivity index (χ1v) is 6.53. The second kappa shape index (κ2) is 9.15. The first-order valence-electron chi connectivity index (χ1n) is 6.53. The molecule has 0 aromatic heterocycles. The Morgan fingerprint density at radius 3 is 1.45 bits per heavy atom. The zero-order valence-corrected chi connectivity index (χ0v) is 11.2. The van der Waals surface area contributed by atoms with Crippen molar-refractivity contribution in [2.75, 3.05) is 19.8 Å². The van der Waals surface area contributed by atoms with Crippen LogP contribution in [-0.4, -0.2) is 52.8 Å². The van der Waals surface area contributed by atoms with Gasteiger partial charge in [0.25, 0.3) is 0 Å². The van der Waals surface area contributed by atoms with Gasteiger partial charge in [-0.15, -0.1) is 0 Å². The number of hydrogen-bond donors (Lipinski definition) is 4. The quantitative estimate of drug-likeness (QED) is 0.479. The van der Waals surface area contributed by atoms with Crippen LogP contribution in [-0.2, 0) is 4.79 Å². The second-order valence-corrected chi connectivity index (χ2v) is 4.71. The van der Waals surface area contributed by atoms with Gasteiger partial charge in [-0.25, -0.2) is 0 Å². The number of carbonyl (C=O) groups excluding carboxylic acids is 1. The number of hydrogen-bond acceptors (Lipinski definition) is 4. The molecule has 120 valence electrons. The number of nitrogens with one attached hydrogen (secondary N) is 1. The highest BCUT2D eigenvalue weighted by molar-refractivity contribution is 5.82. The van der Waals surface area contributed by atoms with E-state index in [9.17, 15) is 18.0 Å². The highest BCUT2D eigenvalue weighted by atomic mass is 19.4. The largest absolute Gasteiger partial charge is 0.471 e. The lowest BCUT2D eigenvalue weighted by Crippen LogP contribution is -2.53. The molecule has 0 atom stereocenters. The fourth-order valence-corrected chi connectivity index (χ4v) is 2.13. The Kier molecular flexibility index (Phi) is 8.75. The molecule has 0 aliphatic rings. The molecular formula is C12H22F3NO4. The van der Waals surface area contributed by atoms with Gasteiger partial charge in [-0.2, -0.15) is 13.2 Å². The Bertz CT molecular complexity index is 263. The van der Waals surface area contributed by atoms with Gasteiger partial charge < -0.3 is 20.6 Å². The third-order valence-corrected chi connectivity index (χ3v) is 3.08. The van der Waals surface area contributed by atoms with Crippen LogP contribution in [0.1, 0.15) is 38.5 Å². The van der Waals surface area contributed by atoms with Crippen LogP contribution in [0, 0.1) is 0 Å². The summed E-state index contributed by atoms with van der Waals surface area (Å²) < 4.78 is 37.2. The minimum Gasteiger partial charge on any atom is -0.396 e. The molecule has 0 rings (SSSR count). The number of halogens is 3. The van der Waals surface area contributed by atoms with Crippen LogP contribution in [0.4, 0.5) is 13.2 Å². The van der Waals surface area contributed by atoms with Gasteiger partial charge in [0.05, 0.1) is 0 Å². The van der Waals surface area contributed by atoms with Gasteiger partial charge >= 0.3 is 12.1 Å². The zero-order chi connectivity index (χ0) is 15.6. The van der Waals surface area contributed by atoms with Crippen LogP contribution in [0.2, 0.25) is 0 Å². The summed E-state index contributed by atoms with van der Waals surface area (Å²) >= 11 is 0. The average molecular weight is 301 g/mol. The Labute approximate surface area is 115 Å². The van der Waals surface area contributed by atoms with Crippen LogP contribution in [0.15, 0.2) is 0 Å². The molecule has 4 N–H and O–H groups in total. The molecule has 0 aromatic rings. The molecule has 0 heterocycles. The summed E-state index contributed by atoms with van der Waals surface area (Å²) in [5.41, 5.74) is -1.17. The van der Waals surface area contributed by atoms with Crippen LogP contribution >= 0.6 is 0 Å². The molecule has 0 bridgehead atoms. The molecule has 20 heavy (non-hydrogen) atoms. The van der Waals surface area contributed by atoms with Crippen molar-refractivity contribution in [2.45, 2.75) is 50.2 Å². The van der Waals surface area contributed by atoms with E-state index in [0.717, 1.165) is 0 Å². The fraction of sp³-hybridized carbons (Fsp3) is 0.917. The Morgan fingerprint density at radius 1 is 0.850 bits per heavy atom. The fourth-order valence-electron chi connectivity index (χ4n) is 2.13. The van der Waals surface area contributed by atoms with E-state index < -0.39 is 17.6 Å². The van der Waals surface area contributed by atoms with E-state index in [2.05, 4.69) is 0 Å². The summed E-state index contributed by atoms with van der Waals surface area (Å²) in [6.07, 6.45) is -3.82. The number of aliphatic hydroxyl groups excluding tert-OH is 3. The summed E-state index contributed by atoms with van der Waals surface area (Å²) in [4.78, 5) is 11.1. The topological polar surface area (TPSA) is 89.8 Å². The lowest BCUT2D eigenvalue weighted by Gasteiger charge is -2.35. The molecule has 0 aliphatic heterocycles. The zero-order valence-electron chi connectivity index (χ0n) is 11.2. The number of amides is 1. The summed E-state index contributed by atoms with van der Waals surface area (Å²) in [5.74, 6) is -2.04. The normalized spacial score (nSPS) is 12.5. The van der Waals surface area contributed by atoms with Crippen molar-refractivity contribution in [2.24, 2.45) is 0 Å². The second-order valence-electron chi connectivity index (χ2n) is 4.71. The summed E-state index contributed by atoms with van der Waals surface area (Å²) in [5, 5.41) is 28.5. The third-order valence-electron chi connectivity index (χ3n) is 3.08. The molecule has 0 fully saturated rings. The smallest absolute Gasteiger partial charge is 0.396 e. The lowest BCUT2D eigenvalue weighted by molar-refractivity contribution is -0.176. The molecule has 8 heteroatoms. The number of alkyl halides is 3. The van der Waals surface area contributed by atoms with Gasteiger partial charge in [0, 0.05) is 25.4 Å². The summed E-state index contributed by atoms with van der Waals surface area (Å²) in [6, 6.07) is 0. The van der Waals surface area contributed by atoms with E-state index in [1.54, 1.807) is 0 Å². The van der Waals surface area contributed by atoms with Crippen molar-refractivity contribution in [1.29, 1.82) is 0 Å². The van der Waals surface area contributed by atoms with Gasteiger partial charge in [-0.3, -0.25) is 4.79 Å². The van der Waals surface area contributed by atoms with E-state index in [4.69, 9.17) is 15.3 Å². The molecule has 0 saturated carbocycles. The Balaban J connectivity index is 4.97. The van der Waals surface area contributed by atoms with Crippen molar-refractivity contribution in [3.8, 4) is 0 Å². The molecule has 0 unspecified atom stereocenters. The molecule has 0 spiro atoms. The van der Waals surface area contributed by atoms with Gasteiger partial charge in [0.2, 0.25) is 0 Å². The van der Waals surface area contributed by atoms with Gasteiger partial charge in [-0.1, -0.05) is 0 Å². The predicted octanol–water partition coefficient (Wildman–Crippen LogP) is 0.721. The molecule has 0 aliphatic carbocycles. The van der Waals surface area contributed by atoms with Crippen LogP contribution in [0.3, 0.4) is 0 Å². The highest BCUT2D eigenvalue weighted by Gasteiger charge is 2.43. The maximum absolute atomic E-state index is 12.4. The molecule has 0 saturated heterocycles. The SMILES string of the molecule is O=C(NC(CCCO)(CCCO)CCCO)C(F)(F)F. The molecule has 5 nitrogen and oxygen atoms in total. The average Bonchev–Trinajstić information content (AvgIpc) is 2.39. The van der Waals surface area contributed by atoms with Crippen LogP contribution in [0.5, 0.6) is 0 Å². The van der Waals surface area contributed by atoms with Crippen LogP contribution < -0.4 is 5.32 Å². The van der Waals surface area contributed by atoms with Gasteiger partial charge in [-0.05, 0) is 38.5 Å². The number of rotatable bonds is 10. The van der Waals surface area contributed by atoms with Crippen LogP contribution in [0.25, 0.3) is 0 Å². The molecule has 0 radical (unpaired) electrons. The third kappa shape index (κ3) is 7.06. The Hall–Kier alpha value is -0.860. The van der Waals surface area contributed by atoms with E-state index >= 15 is 0 Å². The van der Waals surface area contributed by atoms with E-state index in [-0.39, 0.29) is 58.3 Å². The highest BCUT2D eigenvalue weighted by Crippen LogP contribution is 2.27. The summed E-state index contributed by atoms with van der Waals surface area (Å²) in [7, 11) is 0. The van der Waals surface area contributed by atoms with Crippen molar-refractivity contribution in [3.63, 3.8) is 0 Å². The van der Waals surface area contributed by atoms with Gasteiger partial charge in [0.1, 0.15) is 0 Å². The lowest BCUT2D eigenvalue weighted by atomic mass is 9.83. The first kappa shape index (κ1) is 19.1. The molecular weight excluding hydrogens is 279 g/mol. The monoisotopic (exact) mass is 301 g/mol. The predicted molar refractivity (Wildman–Crippen MR) is 65.9 cm³/mol. The maximum Gasteiger partial charge on any atom is 0.471 e. The first-order chi connectivity index (χ1) is 9.31. The number of aliphatic hydroxyl groups is 3. The standard InChI is InChI=1S/C12H22F3NO4/c13-12(14,15)10(20)16-11(4-1-7-17,5-2-8-18)6-3-9-19/h17-19H,1-9H2,(H,16,20). The summed E-state index contributed by atoms with van der Waals surface area (Å²) in [6.45, 7) is -0.619. The van der Waals surface area contributed by atoms with Crippen molar-refractivity contribution in [3.05, 3.63) is 0 Å². The van der Waals surface area contributed by atoms with Gasteiger partial charge in [0.15, 0.2) is 0 Å². The van der Waals surface area contributed by atoms with E-state index in [1.165, 1.54) is 0 Å². The van der Waals surface area contributed by atoms with E-state index in [1.807, 2.05) is 5.32 Å². The van der Waals surface area contributed by atoms with E-state index in [0.29, 0.717) is 0 Å². The number of carbonyl (C=O) groups is 1. The van der Waals surface area contributed by atoms with Crippen molar-refractivity contribution < 1.29 is 33.3 Å². The van der Waals surface area contributed by atoms with Crippen molar-refractivity contribution in [1.82, 2.24) is 5.32 Å². The van der Waals surface area contributed by atoms with Crippen molar-refractivity contribution >= 4 is 5.91 Å². The minimum absolute atomic E-state index is 0.158. The molecule has 0 aromatic carbocycles. The minimum atomic E-state index is -4.98. The maximum atomic E-state index is 12.4. The molecule has 1 amide bonds. The Morgan fingerprint density at radius 2 is 1.20 bits per heavy atom.